The van der Waals surface area contributed by atoms with E-state index >= 15 is 0 Å². The van der Waals surface area contributed by atoms with Crippen molar-refractivity contribution in [3.63, 3.8) is 0 Å². The van der Waals surface area contributed by atoms with Gasteiger partial charge >= 0.3 is 5.97 Å². The molecule has 8 nitrogen and oxygen atoms in total. The number of aliphatic carboxylic acids is 1. The summed E-state index contributed by atoms with van der Waals surface area (Å²) in [6, 6.07) is 3.72. The predicted octanol–water partition coefficient (Wildman–Crippen LogP) is 1.96. The summed E-state index contributed by atoms with van der Waals surface area (Å²) in [6.45, 7) is 2.64. The highest BCUT2D eigenvalue weighted by Crippen LogP contribution is 2.29. The van der Waals surface area contributed by atoms with E-state index in [-0.39, 0.29) is 28.3 Å². The van der Waals surface area contributed by atoms with E-state index in [1.165, 1.54) is 33.1 Å². The number of nitro groups is 1. The lowest BCUT2D eigenvalue weighted by molar-refractivity contribution is -0.384. The van der Waals surface area contributed by atoms with Crippen molar-refractivity contribution < 1.29 is 24.4 Å². The second-order valence-corrected chi connectivity index (χ2v) is 4.15. The fourth-order valence-electron chi connectivity index (χ4n) is 1.45. The van der Waals surface area contributed by atoms with Crippen LogP contribution in [0.2, 0.25) is 0 Å². The van der Waals surface area contributed by atoms with Crippen LogP contribution in [0, 0.1) is 10.1 Å². The second-order valence-electron chi connectivity index (χ2n) is 4.15. The minimum atomic E-state index is -1.21. The van der Waals surface area contributed by atoms with Crippen LogP contribution in [-0.2, 0) is 9.59 Å². The number of methoxy groups -OCH3 is 1. The molecule has 0 heterocycles. The van der Waals surface area contributed by atoms with E-state index in [1.807, 2.05) is 0 Å². The van der Waals surface area contributed by atoms with Crippen molar-refractivity contribution in [1.82, 2.24) is 0 Å². The van der Waals surface area contributed by atoms with Crippen molar-refractivity contribution >= 4 is 23.3 Å². The predicted molar refractivity (Wildman–Crippen MR) is 74.3 cm³/mol. The molecule has 1 aromatic rings. The molecule has 1 amide bonds. The smallest absolute Gasteiger partial charge is 0.331 e. The number of rotatable bonds is 5. The number of carbonyl (C=O) groups excluding carboxylic acids is 1. The largest absolute Gasteiger partial charge is 0.495 e. The standard InChI is InChI=1S/C13H14N2O6/c1-7(8(2)13(17)18)12(16)14-10-6-9(15(19)20)4-5-11(10)21-3/h4-6H,1-3H3,(H,14,16)(H,17,18). The van der Waals surface area contributed by atoms with Crippen molar-refractivity contribution in [3.05, 3.63) is 39.5 Å². The normalized spacial score (nSPS) is 11.4. The molecule has 0 bridgehead atoms. The summed E-state index contributed by atoms with van der Waals surface area (Å²) in [5.74, 6) is -1.66. The third-order valence-electron chi connectivity index (χ3n) is 2.87. The number of carbonyl (C=O) groups is 2. The average molecular weight is 294 g/mol. The molecule has 0 unspecified atom stereocenters. The zero-order chi connectivity index (χ0) is 16.2. The van der Waals surface area contributed by atoms with Gasteiger partial charge in [-0.15, -0.1) is 0 Å². The van der Waals surface area contributed by atoms with Crippen molar-refractivity contribution in [2.75, 3.05) is 12.4 Å². The molecule has 1 rings (SSSR count). The zero-order valence-corrected chi connectivity index (χ0v) is 11.7. The molecule has 21 heavy (non-hydrogen) atoms. The van der Waals surface area contributed by atoms with Crippen LogP contribution in [-0.4, -0.2) is 29.0 Å². The molecule has 0 fully saturated rings. The number of anilines is 1. The van der Waals surface area contributed by atoms with Crippen LogP contribution in [0.1, 0.15) is 13.8 Å². The van der Waals surface area contributed by atoms with Crippen molar-refractivity contribution in [3.8, 4) is 5.75 Å². The van der Waals surface area contributed by atoms with Crippen LogP contribution in [0.25, 0.3) is 0 Å². The fraction of sp³-hybridized carbons (Fsp3) is 0.231. The third-order valence-corrected chi connectivity index (χ3v) is 2.87. The lowest BCUT2D eigenvalue weighted by atomic mass is 10.1. The van der Waals surface area contributed by atoms with Crippen LogP contribution in [0.5, 0.6) is 5.75 Å². The number of hydrogen-bond donors (Lipinski definition) is 2. The van der Waals surface area contributed by atoms with E-state index < -0.39 is 16.8 Å². The average Bonchev–Trinajstić information content (AvgIpc) is 2.45. The van der Waals surface area contributed by atoms with Gasteiger partial charge in [-0.1, -0.05) is 0 Å². The maximum absolute atomic E-state index is 11.9. The summed E-state index contributed by atoms with van der Waals surface area (Å²) in [6.07, 6.45) is 0. The second kappa shape index (κ2) is 6.51. The molecule has 0 aliphatic heterocycles. The molecule has 1 aromatic carbocycles. The topological polar surface area (TPSA) is 119 Å². The lowest BCUT2D eigenvalue weighted by Gasteiger charge is -2.10. The van der Waals surface area contributed by atoms with E-state index in [0.29, 0.717) is 0 Å². The Bertz CT molecular complexity index is 636. The third kappa shape index (κ3) is 3.78. The maximum Gasteiger partial charge on any atom is 0.331 e. The van der Waals surface area contributed by atoms with Gasteiger partial charge in [0.25, 0.3) is 11.6 Å². The van der Waals surface area contributed by atoms with Gasteiger partial charge in [-0.2, -0.15) is 0 Å². The first-order valence-electron chi connectivity index (χ1n) is 5.82. The molecular weight excluding hydrogens is 280 g/mol. The lowest BCUT2D eigenvalue weighted by Crippen LogP contribution is -2.16. The number of nitrogens with zero attached hydrogens (tertiary/aromatic N) is 1. The summed E-state index contributed by atoms with van der Waals surface area (Å²) in [4.78, 5) is 32.9. The number of carboxylic acid groups (broad SMARTS) is 1. The number of nitrogens with one attached hydrogen (secondary N) is 1. The maximum atomic E-state index is 11.9. The van der Waals surface area contributed by atoms with E-state index in [9.17, 15) is 19.7 Å². The summed E-state index contributed by atoms with van der Waals surface area (Å²) >= 11 is 0. The van der Waals surface area contributed by atoms with Crippen molar-refractivity contribution in [2.45, 2.75) is 13.8 Å². The highest BCUT2D eigenvalue weighted by molar-refractivity contribution is 6.08. The number of amides is 1. The molecule has 112 valence electrons. The highest BCUT2D eigenvalue weighted by Gasteiger charge is 2.17. The van der Waals surface area contributed by atoms with Crippen molar-refractivity contribution in [2.24, 2.45) is 0 Å². The Labute approximate surface area is 120 Å². The Kier molecular flexibility index (Phi) is 5.01. The van der Waals surface area contributed by atoms with Crippen LogP contribution in [0.15, 0.2) is 29.3 Å². The van der Waals surface area contributed by atoms with Gasteiger partial charge in [0.15, 0.2) is 0 Å². The molecule has 0 saturated heterocycles. The molecular formula is C13H14N2O6. The Morgan fingerprint density at radius 3 is 2.38 bits per heavy atom. The number of nitro benzene ring substituents is 1. The van der Waals surface area contributed by atoms with Gasteiger partial charge in [0.2, 0.25) is 0 Å². The van der Waals surface area contributed by atoms with Gasteiger partial charge in [-0.3, -0.25) is 14.9 Å². The van der Waals surface area contributed by atoms with Gasteiger partial charge in [0.05, 0.1) is 17.7 Å². The Morgan fingerprint density at radius 1 is 1.29 bits per heavy atom. The number of benzene rings is 1. The molecule has 0 spiro atoms. The molecule has 0 aliphatic rings. The minimum Gasteiger partial charge on any atom is -0.495 e. The Hall–Kier alpha value is -2.90. The number of carboxylic acids is 1. The van der Waals surface area contributed by atoms with Crippen LogP contribution in [0.3, 0.4) is 0 Å². The van der Waals surface area contributed by atoms with Crippen LogP contribution < -0.4 is 10.1 Å². The Morgan fingerprint density at radius 2 is 1.90 bits per heavy atom. The summed E-state index contributed by atoms with van der Waals surface area (Å²) < 4.78 is 5.00. The fourth-order valence-corrected chi connectivity index (χ4v) is 1.45. The van der Waals surface area contributed by atoms with Gasteiger partial charge in [0, 0.05) is 23.3 Å². The van der Waals surface area contributed by atoms with Crippen LogP contribution >= 0.6 is 0 Å². The summed E-state index contributed by atoms with van der Waals surface area (Å²) in [7, 11) is 1.35. The number of ether oxygens (including phenoxy) is 1. The first-order valence-corrected chi connectivity index (χ1v) is 5.82. The van der Waals surface area contributed by atoms with Gasteiger partial charge < -0.3 is 15.2 Å². The van der Waals surface area contributed by atoms with Gasteiger partial charge in [-0.25, -0.2) is 4.79 Å². The monoisotopic (exact) mass is 294 g/mol. The van der Waals surface area contributed by atoms with E-state index in [1.54, 1.807) is 0 Å². The van der Waals surface area contributed by atoms with Crippen LogP contribution in [0.4, 0.5) is 11.4 Å². The molecule has 0 aromatic heterocycles. The SMILES string of the molecule is COc1ccc([N+](=O)[O-])cc1NC(=O)C(C)=C(C)C(=O)O. The Balaban J connectivity index is 3.15. The minimum absolute atomic E-state index is 0.00365. The molecule has 0 saturated carbocycles. The first kappa shape index (κ1) is 16.2. The molecule has 0 atom stereocenters. The van der Waals surface area contributed by atoms with Crippen molar-refractivity contribution in [1.29, 1.82) is 0 Å². The molecule has 0 aliphatic carbocycles. The van der Waals surface area contributed by atoms with Gasteiger partial charge in [-0.05, 0) is 19.9 Å². The van der Waals surface area contributed by atoms with Gasteiger partial charge in [0.1, 0.15) is 5.75 Å². The number of non-ortho nitro benzene ring substituents is 1. The van der Waals surface area contributed by atoms with E-state index in [2.05, 4.69) is 5.32 Å². The highest BCUT2D eigenvalue weighted by atomic mass is 16.6. The zero-order valence-electron chi connectivity index (χ0n) is 11.7. The quantitative estimate of drug-likeness (QED) is 0.486. The van der Waals surface area contributed by atoms with E-state index in [0.717, 1.165) is 6.07 Å². The van der Waals surface area contributed by atoms with E-state index in [4.69, 9.17) is 9.84 Å². The summed E-state index contributed by atoms with van der Waals surface area (Å²) in [5, 5.41) is 22.0. The molecule has 8 heteroatoms. The first-order chi connectivity index (χ1) is 9.77. The summed E-state index contributed by atoms with van der Waals surface area (Å²) in [5.41, 5.74) is -0.245. The molecule has 2 N–H and O–H groups in total. The number of hydrogen-bond acceptors (Lipinski definition) is 5. The molecule has 0 radical (unpaired) electrons.